The molecule has 1 aliphatic heterocycles. The van der Waals surface area contributed by atoms with Crippen LogP contribution in [0.3, 0.4) is 0 Å². The number of hydrogen-bond donors (Lipinski definition) is 0. The maximum Gasteiger partial charge on any atom is 0.338 e. The number of rotatable bonds is 6. The monoisotopic (exact) mass is 512 g/mol. The van der Waals surface area contributed by atoms with Crippen LogP contribution in [-0.4, -0.2) is 30.9 Å². The Kier molecular flexibility index (Phi) is 7.14. The van der Waals surface area contributed by atoms with Crippen LogP contribution in [0.15, 0.2) is 63.5 Å². The maximum atomic E-state index is 13.7. The number of methoxy groups -OCH3 is 2. The maximum absolute atomic E-state index is 13.7. The highest BCUT2D eigenvalue weighted by Crippen LogP contribution is 2.34. The van der Waals surface area contributed by atoms with E-state index in [1.165, 1.54) is 15.9 Å². The van der Waals surface area contributed by atoms with Crippen molar-refractivity contribution in [1.29, 1.82) is 0 Å². The number of aromatic nitrogens is 1. The van der Waals surface area contributed by atoms with Crippen molar-refractivity contribution in [2.24, 2.45) is 4.99 Å². The summed E-state index contributed by atoms with van der Waals surface area (Å²) in [6.45, 7) is 5.29. The van der Waals surface area contributed by atoms with Gasteiger partial charge in [-0.1, -0.05) is 47.2 Å². The quantitative estimate of drug-likeness (QED) is 0.469. The number of esters is 1. The summed E-state index contributed by atoms with van der Waals surface area (Å²) in [6.07, 6.45) is 1.44. The van der Waals surface area contributed by atoms with Gasteiger partial charge in [-0.05, 0) is 56.2 Å². The number of carbonyl (C=O) groups excluding carboxylic acids is 1. The average Bonchev–Trinajstić information content (AvgIpc) is 3.12. The third kappa shape index (κ3) is 4.76. The van der Waals surface area contributed by atoms with E-state index in [0.717, 1.165) is 5.56 Å². The Hall–Kier alpha value is -3.36. The van der Waals surface area contributed by atoms with Gasteiger partial charge in [0.25, 0.3) is 5.56 Å². The number of ether oxygens (including phenoxy) is 3. The van der Waals surface area contributed by atoms with Crippen molar-refractivity contribution >= 4 is 35.0 Å². The number of fused-ring (bicyclic) bond motifs is 1. The predicted molar refractivity (Wildman–Crippen MR) is 136 cm³/mol. The second kappa shape index (κ2) is 10.1. The predicted octanol–water partition coefficient (Wildman–Crippen LogP) is 3.86. The molecule has 0 saturated heterocycles. The van der Waals surface area contributed by atoms with Gasteiger partial charge >= 0.3 is 5.97 Å². The molecule has 1 aromatic heterocycles. The highest BCUT2D eigenvalue weighted by atomic mass is 35.5. The first-order valence-corrected chi connectivity index (χ1v) is 12.1. The Morgan fingerprint density at radius 2 is 1.86 bits per heavy atom. The molecule has 0 bridgehead atoms. The molecule has 0 aliphatic carbocycles. The van der Waals surface area contributed by atoms with Gasteiger partial charge in [0.05, 0.1) is 36.1 Å². The summed E-state index contributed by atoms with van der Waals surface area (Å²) >= 11 is 7.79. The first-order chi connectivity index (χ1) is 16.7. The summed E-state index contributed by atoms with van der Waals surface area (Å²) in [4.78, 5) is 31.9. The molecular formula is C26H25ClN2O5S. The second-order valence-corrected chi connectivity index (χ2v) is 9.59. The normalized spacial score (nSPS) is 15.6. The smallest absolute Gasteiger partial charge is 0.338 e. The minimum absolute atomic E-state index is 0.282. The molecule has 0 saturated carbocycles. The zero-order valence-electron chi connectivity index (χ0n) is 20.0. The Balaban J connectivity index is 1.94. The number of hydrogen-bond acceptors (Lipinski definition) is 7. The third-order valence-corrected chi connectivity index (χ3v) is 6.82. The summed E-state index contributed by atoms with van der Waals surface area (Å²) in [5, 5.41) is 0.441. The van der Waals surface area contributed by atoms with Crippen LogP contribution >= 0.6 is 22.9 Å². The van der Waals surface area contributed by atoms with Gasteiger partial charge < -0.3 is 14.2 Å². The molecule has 1 unspecified atom stereocenters. The SMILES string of the molecule is COc1ccc(C=c2sc3n(c2=O)C(c2ccccc2Cl)C(C(=O)OC(C)C)=C(C)N=3)cc1OC. The van der Waals surface area contributed by atoms with Gasteiger partial charge in [-0.3, -0.25) is 9.36 Å². The molecular weight excluding hydrogens is 488 g/mol. The zero-order chi connectivity index (χ0) is 25.3. The zero-order valence-corrected chi connectivity index (χ0v) is 21.6. The molecule has 0 radical (unpaired) electrons. The molecule has 1 atom stereocenters. The van der Waals surface area contributed by atoms with Gasteiger partial charge in [0.1, 0.15) is 6.04 Å². The number of thiazole rings is 1. The fourth-order valence-electron chi connectivity index (χ4n) is 3.95. The number of halogens is 1. The molecule has 182 valence electrons. The van der Waals surface area contributed by atoms with E-state index in [-0.39, 0.29) is 17.2 Å². The van der Waals surface area contributed by atoms with Crippen LogP contribution in [0, 0.1) is 0 Å². The van der Waals surface area contributed by atoms with E-state index in [1.807, 2.05) is 12.1 Å². The summed E-state index contributed by atoms with van der Waals surface area (Å²) < 4.78 is 18.2. The van der Waals surface area contributed by atoms with Crippen molar-refractivity contribution < 1.29 is 19.0 Å². The number of nitrogens with zero attached hydrogens (tertiary/aromatic N) is 2. The summed E-state index contributed by atoms with van der Waals surface area (Å²) in [6, 6.07) is 11.8. The van der Waals surface area contributed by atoms with Crippen molar-refractivity contribution in [2.45, 2.75) is 32.9 Å². The van der Waals surface area contributed by atoms with Gasteiger partial charge in [0, 0.05) is 5.02 Å². The van der Waals surface area contributed by atoms with Crippen LogP contribution in [0.2, 0.25) is 5.02 Å². The Morgan fingerprint density at radius 3 is 2.51 bits per heavy atom. The van der Waals surface area contributed by atoms with E-state index in [1.54, 1.807) is 71.4 Å². The van der Waals surface area contributed by atoms with E-state index in [2.05, 4.69) is 4.99 Å². The lowest BCUT2D eigenvalue weighted by atomic mass is 9.96. The molecule has 0 amide bonds. The summed E-state index contributed by atoms with van der Waals surface area (Å²) in [5.41, 5.74) is 1.88. The lowest BCUT2D eigenvalue weighted by Crippen LogP contribution is -2.40. The van der Waals surface area contributed by atoms with Crippen molar-refractivity contribution in [2.75, 3.05) is 14.2 Å². The Bertz CT molecular complexity index is 1500. The van der Waals surface area contributed by atoms with Crippen LogP contribution in [0.5, 0.6) is 11.5 Å². The highest BCUT2D eigenvalue weighted by molar-refractivity contribution is 7.07. The molecule has 1 aliphatic rings. The summed E-state index contributed by atoms with van der Waals surface area (Å²) in [5.74, 6) is 0.617. The van der Waals surface area contributed by atoms with Gasteiger partial charge in [-0.2, -0.15) is 0 Å². The van der Waals surface area contributed by atoms with Crippen molar-refractivity contribution in [3.8, 4) is 11.5 Å². The van der Waals surface area contributed by atoms with E-state index in [4.69, 9.17) is 25.8 Å². The Morgan fingerprint density at radius 1 is 1.14 bits per heavy atom. The standard InChI is InChI=1S/C26H25ClN2O5S/c1-14(2)34-25(31)22-15(3)28-26-29(23(22)17-8-6-7-9-18(17)27)24(30)21(35-26)13-16-10-11-19(32-4)20(12-16)33-5/h6-14,23H,1-5H3. The molecule has 3 aromatic rings. The van der Waals surface area contributed by atoms with Crippen molar-refractivity contribution in [3.05, 3.63) is 89.6 Å². The number of benzene rings is 2. The Labute approximate surface area is 211 Å². The van der Waals surface area contributed by atoms with Crippen molar-refractivity contribution in [1.82, 2.24) is 4.57 Å². The molecule has 0 fully saturated rings. The molecule has 2 heterocycles. The minimum atomic E-state index is -0.765. The highest BCUT2D eigenvalue weighted by Gasteiger charge is 2.34. The van der Waals surface area contributed by atoms with Crippen LogP contribution in [0.4, 0.5) is 0 Å². The van der Waals surface area contributed by atoms with Crippen molar-refractivity contribution in [3.63, 3.8) is 0 Å². The molecule has 4 rings (SSSR count). The molecule has 35 heavy (non-hydrogen) atoms. The van der Waals surface area contributed by atoms with Gasteiger partial charge in [-0.25, -0.2) is 9.79 Å². The lowest BCUT2D eigenvalue weighted by molar-refractivity contribution is -0.143. The number of allylic oxidation sites excluding steroid dienone is 1. The van der Waals surface area contributed by atoms with E-state index < -0.39 is 12.0 Å². The topological polar surface area (TPSA) is 79.1 Å². The molecule has 9 heteroatoms. The first-order valence-electron chi connectivity index (χ1n) is 10.9. The number of carbonyl (C=O) groups is 1. The van der Waals surface area contributed by atoms with Crippen LogP contribution < -0.4 is 24.4 Å². The van der Waals surface area contributed by atoms with Gasteiger partial charge in [-0.15, -0.1) is 0 Å². The fraction of sp³-hybridized carbons (Fsp3) is 0.269. The minimum Gasteiger partial charge on any atom is -0.493 e. The summed E-state index contributed by atoms with van der Waals surface area (Å²) in [7, 11) is 3.12. The van der Waals surface area contributed by atoms with Crippen LogP contribution in [-0.2, 0) is 9.53 Å². The molecule has 2 aromatic carbocycles. The molecule has 7 nitrogen and oxygen atoms in total. The largest absolute Gasteiger partial charge is 0.493 e. The van der Waals surface area contributed by atoms with Gasteiger partial charge in [0.2, 0.25) is 0 Å². The molecule has 0 spiro atoms. The first kappa shape index (κ1) is 24.8. The fourth-order valence-corrected chi connectivity index (χ4v) is 5.23. The third-order valence-electron chi connectivity index (χ3n) is 5.49. The molecule has 0 N–H and O–H groups in total. The van der Waals surface area contributed by atoms with Crippen LogP contribution in [0.1, 0.15) is 37.9 Å². The van der Waals surface area contributed by atoms with E-state index >= 15 is 0 Å². The van der Waals surface area contributed by atoms with E-state index in [0.29, 0.717) is 37.1 Å². The van der Waals surface area contributed by atoms with Crippen LogP contribution in [0.25, 0.3) is 6.08 Å². The lowest BCUT2D eigenvalue weighted by Gasteiger charge is -2.26. The van der Waals surface area contributed by atoms with E-state index in [9.17, 15) is 9.59 Å². The second-order valence-electron chi connectivity index (χ2n) is 8.17. The average molecular weight is 513 g/mol. The van der Waals surface area contributed by atoms with Gasteiger partial charge in [0.15, 0.2) is 16.3 Å².